The summed E-state index contributed by atoms with van der Waals surface area (Å²) >= 11 is 5.98. The van der Waals surface area contributed by atoms with Crippen molar-refractivity contribution in [1.82, 2.24) is 19.5 Å². The first-order chi connectivity index (χ1) is 13.7. The Kier molecular flexibility index (Phi) is 3.84. The van der Waals surface area contributed by atoms with Crippen molar-refractivity contribution in [3.05, 3.63) is 78.2 Å². The van der Waals surface area contributed by atoms with Crippen LogP contribution in [0.4, 0.5) is 0 Å². The summed E-state index contributed by atoms with van der Waals surface area (Å²) in [6.45, 7) is 0. The summed E-state index contributed by atoms with van der Waals surface area (Å²) in [5, 5.41) is 12.3. The highest BCUT2D eigenvalue weighted by Crippen LogP contribution is 2.29. The van der Waals surface area contributed by atoms with Crippen molar-refractivity contribution in [2.45, 2.75) is 0 Å². The maximum absolute atomic E-state index is 10.1. The van der Waals surface area contributed by atoms with E-state index in [1.54, 1.807) is 18.5 Å². The van der Waals surface area contributed by atoms with Gasteiger partial charge in [-0.2, -0.15) is 9.97 Å². The lowest BCUT2D eigenvalue weighted by Gasteiger charge is -2.08. The third-order valence-corrected chi connectivity index (χ3v) is 4.69. The summed E-state index contributed by atoms with van der Waals surface area (Å²) in [7, 11) is 0. The van der Waals surface area contributed by atoms with E-state index in [1.165, 1.54) is 0 Å². The van der Waals surface area contributed by atoms with E-state index in [2.05, 4.69) is 19.5 Å². The topological polar surface area (TPSA) is 73.1 Å². The minimum absolute atomic E-state index is 0.0643. The van der Waals surface area contributed by atoms with Gasteiger partial charge in [0.25, 0.3) is 0 Å². The van der Waals surface area contributed by atoms with Gasteiger partial charge in [0.1, 0.15) is 5.75 Å². The van der Waals surface area contributed by atoms with E-state index in [9.17, 15) is 5.11 Å². The van der Waals surface area contributed by atoms with Gasteiger partial charge in [-0.05, 0) is 54.6 Å². The number of rotatable bonds is 3. The summed E-state index contributed by atoms with van der Waals surface area (Å²) in [6, 6.07) is 17.1. The first-order valence-corrected chi connectivity index (χ1v) is 8.91. The largest absolute Gasteiger partial charge is 0.493 e. The number of hydrogen-bond acceptors (Lipinski definition) is 5. The number of benzene rings is 2. The lowest BCUT2D eigenvalue weighted by atomic mass is 10.2. The molecule has 0 bridgehead atoms. The van der Waals surface area contributed by atoms with Gasteiger partial charge in [0.2, 0.25) is 5.88 Å². The number of aromatic nitrogens is 4. The summed E-state index contributed by atoms with van der Waals surface area (Å²) in [5.41, 5.74) is 2.56. The Morgan fingerprint density at radius 1 is 0.964 bits per heavy atom. The van der Waals surface area contributed by atoms with Crippen molar-refractivity contribution in [2.24, 2.45) is 0 Å². The molecule has 5 aromatic rings. The Hall–Kier alpha value is -3.64. The van der Waals surface area contributed by atoms with Crippen LogP contribution in [0, 0.1) is 0 Å². The van der Waals surface area contributed by atoms with Crippen molar-refractivity contribution in [3.63, 3.8) is 0 Å². The molecule has 3 aromatic heterocycles. The van der Waals surface area contributed by atoms with Gasteiger partial charge in [0.05, 0.1) is 22.6 Å². The highest BCUT2D eigenvalue weighted by molar-refractivity contribution is 6.30. The number of halogens is 1. The minimum Gasteiger partial charge on any atom is -0.493 e. The molecule has 0 amide bonds. The van der Waals surface area contributed by atoms with Crippen LogP contribution in [0.25, 0.3) is 27.5 Å². The first kappa shape index (κ1) is 16.5. The molecule has 0 saturated carbocycles. The van der Waals surface area contributed by atoms with Gasteiger partial charge in [-0.15, -0.1) is 0 Å². The molecule has 6 nitrogen and oxygen atoms in total. The second kappa shape index (κ2) is 6.51. The summed E-state index contributed by atoms with van der Waals surface area (Å²) in [5.74, 6) is 0.432. The van der Waals surface area contributed by atoms with Crippen molar-refractivity contribution < 1.29 is 9.84 Å². The van der Waals surface area contributed by atoms with Crippen molar-refractivity contribution in [3.8, 4) is 23.3 Å². The highest BCUT2D eigenvalue weighted by atomic mass is 35.5. The van der Waals surface area contributed by atoms with Crippen molar-refractivity contribution >= 4 is 33.4 Å². The van der Waals surface area contributed by atoms with Gasteiger partial charge in [-0.1, -0.05) is 11.6 Å². The molecule has 0 fully saturated rings. The van der Waals surface area contributed by atoms with Crippen molar-refractivity contribution in [1.29, 1.82) is 0 Å². The average Bonchev–Trinajstić information content (AvgIpc) is 3.12. The quantitative estimate of drug-likeness (QED) is 0.464. The molecular formula is C21H13ClN4O2. The smallest absolute Gasteiger partial charge is 0.325 e. The molecular weight excluding hydrogens is 376 g/mol. The van der Waals surface area contributed by atoms with E-state index in [1.807, 2.05) is 54.7 Å². The predicted octanol–water partition coefficient (Wildman–Crippen LogP) is 5.12. The SMILES string of the molecule is Oc1nc(Oc2ccc3c(ccn3-c3ccc(Cl)cc3)c2)nc2cnccc12. The Bertz CT molecular complexity index is 1320. The van der Waals surface area contributed by atoms with Crippen LogP contribution in [0.5, 0.6) is 17.6 Å². The molecule has 1 N–H and O–H groups in total. The number of nitrogens with zero attached hydrogens (tertiary/aromatic N) is 4. The number of hydrogen-bond donors (Lipinski definition) is 1. The maximum Gasteiger partial charge on any atom is 0.325 e. The van der Waals surface area contributed by atoms with E-state index in [0.29, 0.717) is 21.7 Å². The third-order valence-electron chi connectivity index (χ3n) is 4.43. The van der Waals surface area contributed by atoms with E-state index in [-0.39, 0.29) is 11.9 Å². The molecule has 0 aliphatic rings. The predicted molar refractivity (Wildman–Crippen MR) is 107 cm³/mol. The van der Waals surface area contributed by atoms with E-state index in [0.717, 1.165) is 16.6 Å². The number of aromatic hydroxyl groups is 1. The summed E-state index contributed by atoms with van der Waals surface area (Å²) < 4.78 is 7.84. The molecule has 0 saturated heterocycles. The molecule has 7 heteroatoms. The average molecular weight is 389 g/mol. The molecule has 0 aliphatic carbocycles. The van der Waals surface area contributed by atoms with Gasteiger partial charge in [0.15, 0.2) is 0 Å². The molecule has 0 unspecified atom stereocenters. The Labute approximate surface area is 164 Å². The molecule has 136 valence electrons. The fraction of sp³-hybridized carbons (Fsp3) is 0. The molecule has 0 spiro atoms. The zero-order valence-corrected chi connectivity index (χ0v) is 15.2. The molecule has 0 radical (unpaired) electrons. The van der Waals surface area contributed by atoms with E-state index in [4.69, 9.17) is 16.3 Å². The normalized spacial score (nSPS) is 11.2. The fourth-order valence-corrected chi connectivity index (χ4v) is 3.23. The highest BCUT2D eigenvalue weighted by Gasteiger charge is 2.10. The van der Waals surface area contributed by atoms with Crippen LogP contribution in [0.1, 0.15) is 0 Å². The standard InChI is InChI=1S/C21H13ClN4O2/c22-14-1-3-15(4-2-14)26-10-8-13-11-16(5-6-19(13)26)28-21-24-18-12-23-9-7-17(18)20(27)25-21/h1-12H,(H,24,25,27). The lowest BCUT2D eigenvalue weighted by molar-refractivity contribution is 0.412. The van der Waals surface area contributed by atoms with Gasteiger partial charge < -0.3 is 14.4 Å². The van der Waals surface area contributed by atoms with Crippen LogP contribution in [0.15, 0.2) is 73.2 Å². The second-order valence-corrected chi connectivity index (χ2v) is 6.64. The van der Waals surface area contributed by atoms with Gasteiger partial charge >= 0.3 is 6.01 Å². The number of ether oxygens (including phenoxy) is 1. The molecule has 3 heterocycles. The monoisotopic (exact) mass is 388 g/mol. The Balaban J connectivity index is 1.50. The third kappa shape index (κ3) is 2.90. The van der Waals surface area contributed by atoms with Crippen LogP contribution in [0.3, 0.4) is 0 Å². The van der Waals surface area contributed by atoms with Crippen LogP contribution in [0.2, 0.25) is 5.02 Å². The summed E-state index contributed by atoms with van der Waals surface area (Å²) in [6.07, 6.45) is 5.12. The molecule has 0 aliphatic heterocycles. The number of pyridine rings is 1. The van der Waals surface area contributed by atoms with Crippen LogP contribution in [-0.4, -0.2) is 24.6 Å². The van der Waals surface area contributed by atoms with Crippen LogP contribution >= 0.6 is 11.6 Å². The minimum atomic E-state index is -0.141. The van der Waals surface area contributed by atoms with Crippen LogP contribution < -0.4 is 4.74 Å². The van der Waals surface area contributed by atoms with Gasteiger partial charge in [0, 0.05) is 28.5 Å². The fourth-order valence-electron chi connectivity index (χ4n) is 3.11. The lowest BCUT2D eigenvalue weighted by Crippen LogP contribution is -1.94. The van der Waals surface area contributed by atoms with E-state index >= 15 is 0 Å². The molecule has 28 heavy (non-hydrogen) atoms. The molecule has 5 rings (SSSR count). The zero-order chi connectivity index (χ0) is 19.1. The maximum atomic E-state index is 10.1. The molecule has 0 atom stereocenters. The van der Waals surface area contributed by atoms with Gasteiger partial charge in [-0.3, -0.25) is 4.98 Å². The molecule has 2 aromatic carbocycles. The summed E-state index contributed by atoms with van der Waals surface area (Å²) in [4.78, 5) is 12.3. The second-order valence-electron chi connectivity index (χ2n) is 6.21. The Morgan fingerprint density at radius 3 is 2.68 bits per heavy atom. The number of fused-ring (bicyclic) bond motifs is 2. The Morgan fingerprint density at radius 2 is 1.82 bits per heavy atom. The van der Waals surface area contributed by atoms with Crippen LogP contribution in [-0.2, 0) is 0 Å². The van der Waals surface area contributed by atoms with Crippen molar-refractivity contribution in [2.75, 3.05) is 0 Å². The van der Waals surface area contributed by atoms with Gasteiger partial charge in [-0.25, -0.2) is 0 Å². The van der Waals surface area contributed by atoms with E-state index < -0.39 is 0 Å². The first-order valence-electron chi connectivity index (χ1n) is 8.53. The zero-order valence-electron chi connectivity index (χ0n) is 14.5.